The van der Waals surface area contributed by atoms with Crippen LogP contribution in [0.1, 0.15) is 89.0 Å². The van der Waals surface area contributed by atoms with Crippen LogP contribution < -0.4 is 126 Å². The number of fused-ring (bicyclic) bond motifs is 16. The number of nitrogens with one attached hydrogen (secondary N) is 16. The first-order valence-corrected chi connectivity index (χ1v) is 32.1. The molecule has 8 aromatic carbocycles. The maximum Gasteiger partial charge on any atom is 0.190 e. The van der Waals surface area contributed by atoms with Gasteiger partial charge in [0, 0.05) is 186 Å². The Morgan fingerprint density at radius 2 is 0.259 bits per heavy atom. The maximum atomic E-state index is 8.43. The lowest BCUT2D eigenvalue weighted by Crippen LogP contribution is -2.21. The minimum Gasteiger partial charge on any atom is -0.496 e. The van der Waals surface area contributed by atoms with Crippen LogP contribution in [0, 0.1) is 43.3 Å². The summed E-state index contributed by atoms with van der Waals surface area (Å²) in [4.78, 5) is 0. The third-order valence-corrected chi connectivity index (χ3v) is 16.9. The van der Waals surface area contributed by atoms with E-state index in [4.69, 9.17) is 127 Å². The largest absolute Gasteiger partial charge is 0.496 e. The molecule has 32 N–H and O–H groups in total. The van der Waals surface area contributed by atoms with Gasteiger partial charge in [-0.3, -0.25) is 43.3 Å². The number of benzene rings is 8. The molecular formula is C72H96Cl8N24O8. The molecule has 9 rings (SSSR count). The van der Waals surface area contributed by atoms with Crippen molar-refractivity contribution >= 4 is 192 Å². The van der Waals surface area contributed by atoms with Gasteiger partial charge >= 0.3 is 0 Å². The second-order valence-electron chi connectivity index (χ2n) is 24.3. The number of hydrogen-bond donors (Lipinski definition) is 24. The van der Waals surface area contributed by atoms with Gasteiger partial charge in [-0.1, -0.05) is 0 Å². The molecule has 16 bridgehead atoms. The molecule has 0 spiro atoms. The molecule has 0 fully saturated rings. The van der Waals surface area contributed by atoms with Gasteiger partial charge in [0.05, 0.1) is 56.9 Å². The Bertz CT molecular complexity index is 3720. The van der Waals surface area contributed by atoms with E-state index in [2.05, 4.69) is 42.5 Å². The van der Waals surface area contributed by atoms with Gasteiger partial charge in [0.2, 0.25) is 0 Å². The molecule has 608 valence electrons. The summed E-state index contributed by atoms with van der Waals surface area (Å²) in [7, 11) is 12.3. The Labute approximate surface area is 697 Å². The summed E-state index contributed by atoms with van der Waals surface area (Å²) in [5.74, 6) is 0.657. The maximum absolute atomic E-state index is 8.43. The standard InChI is InChI=1S/C72H88N24O8.8ClH/c1-97-57-33-9-35-19-50(90-66(75)76)21-37(58(35)98-2)11-39-23-52(92-68(79)80)25-41(60(39)100-4)13-43-27-54(94-70(83)84)29-45(62(43)102-6)15-47-31-56(96-72(87)88)32-48(64(47)104-8)16-46-30-55(95-71(85)86)28-44(63(46)103-7)14-42-26-53(93-69(81)82)24-40(61(42)101-5)12-38-22-51(91-67(77)78)20-36(59(38)99-3)10-34(57)18-49(17-33)89-65(73)74;;;;;;;;/h17-32H,9-16H2,1-8H3,(H4,73,74,89)(H4,75,76,90)(H4,77,78,91)(H4,79,80,92)(H4,81,82,93)(H4,83,84,94)(H4,85,86,95)(H4,87,88,96);8*1H. The molecule has 112 heavy (non-hydrogen) atoms. The summed E-state index contributed by atoms with van der Waals surface area (Å²) >= 11 is 0. The van der Waals surface area contributed by atoms with E-state index in [1.165, 1.54) is 0 Å². The van der Waals surface area contributed by atoms with Crippen LogP contribution in [0.2, 0.25) is 0 Å². The van der Waals surface area contributed by atoms with Crippen molar-refractivity contribution in [2.24, 2.45) is 45.9 Å². The molecule has 0 radical (unpaired) electrons. The topological polar surface area (TPSA) is 569 Å². The number of ether oxygens (including phenoxy) is 8. The number of halogens is 8. The fraction of sp³-hybridized carbons (Fsp3) is 0.222. The van der Waals surface area contributed by atoms with Crippen molar-refractivity contribution in [2.45, 2.75) is 51.4 Å². The summed E-state index contributed by atoms with van der Waals surface area (Å²) in [5.41, 5.74) is 61.7. The van der Waals surface area contributed by atoms with Gasteiger partial charge in [0.25, 0.3) is 0 Å². The highest BCUT2D eigenvalue weighted by molar-refractivity contribution is 5.96. The van der Waals surface area contributed by atoms with Gasteiger partial charge in [0.15, 0.2) is 47.7 Å². The average Bonchev–Trinajstić information content (AvgIpc) is 0.784. The van der Waals surface area contributed by atoms with Crippen LogP contribution in [0.5, 0.6) is 46.0 Å². The minimum absolute atomic E-state index is 0. The van der Waals surface area contributed by atoms with Crippen LogP contribution in [0.3, 0.4) is 0 Å². The summed E-state index contributed by atoms with van der Waals surface area (Å²) in [6, 6.07) is 28.9. The molecule has 0 unspecified atom stereocenters. The molecule has 0 aromatic heterocycles. The van der Waals surface area contributed by atoms with E-state index in [1.807, 2.05) is 0 Å². The van der Waals surface area contributed by atoms with Crippen LogP contribution in [-0.2, 0) is 51.4 Å². The first kappa shape index (κ1) is 98.6. The zero-order chi connectivity index (χ0) is 75.4. The SMILES string of the molecule is COc1c2cc(NC(=N)N)cc1Cc1cc(NC(=N)N)cc(c1OC)Cc1cc(NC(=N)N)cc(c1OC)Cc1cc(NC(=N)N)cc(c1OC)Cc1cc(NC(=N)N)cc(c1OC)Cc1cc(NC(=N)N)cc(c1OC)Cc1cc(NC(=N)N)cc(c1OC)Cc1cc(NC(=N)N)cc(c1OC)C2.Cl.Cl.Cl.Cl.Cl.Cl.Cl.Cl. The second-order valence-corrected chi connectivity index (χ2v) is 24.3. The molecule has 32 nitrogen and oxygen atoms in total. The highest BCUT2D eigenvalue weighted by Gasteiger charge is 2.28. The van der Waals surface area contributed by atoms with Crippen LogP contribution in [-0.4, -0.2) is 105 Å². The molecule has 0 atom stereocenters. The molecule has 0 amide bonds. The highest BCUT2D eigenvalue weighted by atomic mass is 35.5. The number of methoxy groups -OCH3 is 8. The smallest absolute Gasteiger partial charge is 0.190 e. The Kier molecular flexibility index (Phi) is 38.6. The van der Waals surface area contributed by atoms with E-state index in [9.17, 15) is 0 Å². The van der Waals surface area contributed by atoms with Crippen molar-refractivity contribution in [1.82, 2.24) is 0 Å². The number of nitrogens with two attached hydrogens (primary N) is 8. The van der Waals surface area contributed by atoms with Gasteiger partial charge in [-0.25, -0.2) is 0 Å². The van der Waals surface area contributed by atoms with Crippen molar-refractivity contribution in [3.63, 3.8) is 0 Å². The molecule has 0 heterocycles. The average molecular weight is 1710 g/mol. The zero-order valence-electron chi connectivity index (χ0n) is 62.0. The monoisotopic (exact) mass is 1700 g/mol. The van der Waals surface area contributed by atoms with Gasteiger partial charge < -0.3 is 126 Å². The fourth-order valence-corrected chi connectivity index (χ4v) is 13.7. The van der Waals surface area contributed by atoms with Crippen molar-refractivity contribution < 1.29 is 37.9 Å². The molecule has 0 saturated carbocycles. The van der Waals surface area contributed by atoms with E-state index < -0.39 is 0 Å². The van der Waals surface area contributed by atoms with Gasteiger partial charge in [-0.15, -0.1) is 99.3 Å². The number of hydrogen-bond acceptors (Lipinski definition) is 16. The Balaban J connectivity index is 0.00000784. The lowest BCUT2D eigenvalue weighted by Gasteiger charge is -2.23. The highest BCUT2D eigenvalue weighted by Crippen LogP contribution is 2.45. The van der Waals surface area contributed by atoms with E-state index in [-0.39, 0.29) is 198 Å². The summed E-state index contributed by atoms with van der Waals surface area (Å²) in [6.45, 7) is 0. The molecular weight excluding hydrogens is 1610 g/mol. The minimum atomic E-state index is -0.349. The third-order valence-electron chi connectivity index (χ3n) is 16.9. The van der Waals surface area contributed by atoms with Crippen LogP contribution >= 0.6 is 99.3 Å². The summed E-state index contributed by atoms with van der Waals surface area (Å²) in [5, 5.41) is 91.2. The fourth-order valence-electron chi connectivity index (χ4n) is 13.7. The van der Waals surface area contributed by atoms with E-state index >= 15 is 0 Å². The van der Waals surface area contributed by atoms with Crippen molar-refractivity contribution in [2.75, 3.05) is 99.4 Å². The van der Waals surface area contributed by atoms with Gasteiger partial charge in [-0.2, -0.15) is 0 Å². The van der Waals surface area contributed by atoms with E-state index in [0.29, 0.717) is 181 Å². The van der Waals surface area contributed by atoms with Crippen LogP contribution in [0.4, 0.5) is 45.5 Å². The normalized spacial score (nSPS) is 10.9. The predicted molar refractivity (Wildman–Crippen MR) is 469 cm³/mol. The van der Waals surface area contributed by atoms with Crippen molar-refractivity contribution in [3.8, 4) is 46.0 Å². The molecule has 1 aliphatic carbocycles. The lowest BCUT2D eigenvalue weighted by atomic mass is 9.90. The Hall–Kier alpha value is -11.4. The number of guanidine groups is 8. The first-order chi connectivity index (χ1) is 49.6. The Morgan fingerprint density at radius 1 is 0.188 bits per heavy atom. The van der Waals surface area contributed by atoms with Crippen LogP contribution in [0.25, 0.3) is 0 Å². The molecule has 8 aromatic rings. The van der Waals surface area contributed by atoms with Crippen molar-refractivity contribution in [1.29, 1.82) is 43.3 Å². The quantitative estimate of drug-likeness (QED) is 0.0316. The van der Waals surface area contributed by atoms with Gasteiger partial charge in [0.1, 0.15) is 46.0 Å². The van der Waals surface area contributed by atoms with E-state index in [1.54, 1.807) is 154 Å². The summed E-state index contributed by atoms with van der Waals surface area (Å²) in [6.07, 6.45) is 0.816. The lowest BCUT2D eigenvalue weighted by molar-refractivity contribution is 0.396. The first-order valence-electron chi connectivity index (χ1n) is 32.1. The summed E-state index contributed by atoms with van der Waals surface area (Å²) < 4.78 is 51.1. The molecule has 40 heteroatoms. The van der Waals surface area contributed by atoms with Gasteiger partial charge in [-0.05, 0) is 97.1 Å². The number of rotatable bonds is 16. The number of anilines is 8. The molecule has 1 aliphatic rings. The molecule has 0 aliphatic heterocycles. The van der Waals surface area contributed by atoms with E-state index in [0.717, 1.165) is 0 Å². The Morgan fingerprint density at radius 3 is 0.312 bits per heavy atom. The third kappa shape index (κ3) is 24.3. The zero-order valence-corrected chi connectivity index (χ0v) is 68.6. The molecule has 0 saturated heterocycles. The van der Waals surface area contributed by atoms with Crippen molar-refractivity contribution in [3.05, 3.63) is 186 Å². The second kappa shape index (κ2) is 43.9. The predicted octanol–water partition coefficient (Wildman–Crippen LogP) is 10.6. The van der Waals surface area contributed by atoms with Crippen LogP contribution in [0.15, 0.2) is 97.1 Å².